The van der Waals surface area contributed by atoms with Crippen LogP contribution in [0.15, 0.2) is 53.4 Å². The Kier molecular flexibility index (Phi) is 6.03. The Morgan fingerprint density at radius 3 is 2.46 bits per heavy atom. The maximum Gasteiger partial charge on any atom is 0.186 e. The van der Waals surface area contributed by atoms with Gasteiger partial charge in [0.25, 0.3) is 0 Å². The number of hydrogen-bond acceptors (Lipinski definition) is 6. The van der Waals surface area contributed by atoms with E-state index < -0.39 is 0 Å². The third kappa shape index (κ3) is 4.53. The first-order chi connectivity index (χ1) is 17.7. The summed E-state index contributed by atoms with van der Waals surface area (Å²) in [5.41, 5.74) is 15.1. The van der Waals surface area contributed by atoms with Crippen molar-refractivity contribution in [3.63, 3.8) is 0 Å². The van der Waals surface area contributed by atoms with Crippen LogP contribution >= 0.6 is 11.3 Å². The zero-order chi connectivity index (χ0) is 25.9. The molecule has 37 heavy (non-hydrogen) atoms. The van der Waals surface area contributed by atoms with Gasteiger partial charge in [0.2, 0.25) is 0 Å². The van der Waals surface area contributed by atoms with Crippen molar-refractivity contribution >= 4 is 32.4 Å². The molecule has 0 unspecified atom stereocenters. The van der Waals surface area contributed by atoms with Gasteiger partial charge < -0.3 is 10.6 Å². The quantitative estimate of drug-likeness (QED) is 0.294. The highest BCUT2D eigenvalue weighted by atomic mass is 32.1. The van der Waals surface area contributed by atoms with Gasteiger partial charge in [-0.05, 0) is 99.6 Å². The predicted octanol–water partition coefficient (Wildman–Crippen LogP) is 6.63. The van der Waals surface area contributed by atoms with E-state index in [0.717, 1.165) is 95.2 Å². The van der Waals surface area contributed by atoms with E-state index in [0.29, 0.717) is 16.8 Å². The lowest BCUT2D eigenvalue weighted by molar-refractivity contribution is 0.153. The van der Waals surface area contributed by atoms with E-state index in [4.69, 9.17) is 11.6 Å². The summed E-state index contributed by atoms with van der Waals surface area (Å²) in [6.45, 7) is 8.07. The lowest BCUT2D eigenvalue weighted by Crippen LogP contribution is -2.44. The summed E-state index contributed by atoms with van der Waals surface area (Å²) < 4.78 is 15.3. The molecule has 0 radical (unpaired) electrons. The second-order valence-electron chi connectivity index (χ2n) is 11.5. The molecule has 1 aliphatic heterocycles. The topological polar surface area (TPSA) is 71.4 Å². The van der Waals surface area contributed by atoms with Crippen LogP contribution in [0.4, 0.5) is 15.2 Å². The van der Waals surface area contributed by atoms with Gasteiger partial charge in [-0.1, -0.05) is 35.1 Å². The molecule has 5 nitrogen and oxygen atoms in total. The van der Waals surface area contributed by atoms with Gasteiger partial charge in [0, 0.05) is 24.7 Å². The summed E-state index contributed by atoms with van der Waals surface area (Å²) in [7, 11) is 0. The van der Waals surface area contributed by atoms with Crippen molar-refractivity contribution < 1.29 is 4.39 Å². The smallest absolute Gasteiger partial charge is 0.186 e. The fraction of sp³-hybridized carbons (Fsp3) is 0.433. The van der Waals surface area contributed by atoms with Crippen LogP contribution in [-0.4, -0.2) is 18.1 Å². The average molecular weight is 518 g/mol. The second kappa shape index (κ2) is 9.14. The first-order valence-corrected chi connectivity index (χ1v) is 14.2. The van der Waals surface area contributed by atoms with Crippen molar-refractivity contribution in [2.24, 2.45) is 22.9 Å². The summed E-state index contributed by atoms with van der Waals surface area (Å²) in [6.07, 6.45) is 9.01. The fourth-order valence-electron chi connectivity index (χ4n) is 6.18. The fourth-order valence-corrected chi connectivity index (χ4v) is 7.31. The van der Waals surface area contributed by atoms with Crippen LogP contribution in [-0.2, 0) is 0 Å². The van der Waals surface area contributed by atoms with Gasteiger partial charge >= 0.3 is 0 Å². The number of benzene rings is 2. The second-order valence-corrected chi connectivity index (χ2v) is 12.5. The average Bonchev–Trinajstić information content (AvgIpc) is 3.60. The Hall–Kier alpha value is -2.90. The van der Waals surface area contributed by atoms with Gasteiger partial charge in [0.1, 0.15) is 5.52 Å². The number of thiazole rings is 1. The normalized spacial score (nSPS) is 19.7. The Labute approximate surface area is 222 Å². The molecule has 1 spiro atoms. The van der Waals surface area contributed by atoms with Gasteiger partial charge in [-0.2, -0.15) is 0 Å². The molecule has 1 saturated heterocycles. The first kappa shape index (κ1) is 24.4. The number of rotatable bonds is 5. The van der Waals surface area contributed by atoms with E-state index in [1.54, 1.807) is 17.4 Å². The lowest BCUT2D eigenvalue weighted by atomic mass is 9.60. The maximum absolute atomic E-state index is 14.4. The zero-order valence-electron chi connectivity index (χ0n) is 22.0. The monoisotopic (exact) mass is 517 g/mol. The van der Waals surface area contributed by atoms with Crippen molar-refractivity contribution in [2.45, 2.75) is 59.3 Å². The molecule has 6 rings (SSSR count). The molecule has 2 heterocycles. The summed E-state index contributed by atoms with van der Waals surface area (Å²) >= 11 is 1.61. The minimum absolute atomic E-state index is 0.219. The van der Waals surface area contributed by atoms with Gasteiger partial charge in [-0.15, -0.1) is 0 Å². The van der Waals surface area contributed by atoms with E-state index >= 15 is 0 Å². The largest absolute Gasteiger partial charge is 0.400 e. The molecular formula is C30H36FN5S. The maximum atomic E-state index is 14.4. The number of hydrazine groups is 1. The van der Waals surface area contributed by atoms with Crippen molar-refractivity contribution in [3.05, 3.63) is 75.9 Å². The van der Waals surface area contributed by atoms with Crippen LogP contribution in [0.5, 0.6) is 0 Å². The number of halogens is 1. The standard InChI is InChI=1S/C30H36FN5S/c1-18-13-23(31)27-25(14-18)37-29(34-27)35-11-9-30(10-12-35)16-21(17-30)15-24(26(32)22-7-8-22)36(33)28-19(2)5-4-6-20(28)3/h4-6,13-15,22H,7-12,16-17,32-33H2,1-3H3/b26-24-. The molecule has 2 saturated carbocycles. The minimum Gasteiger partial charge on any atom is -0.400 e. The van der Waals surface area contributed by atoms with E-state index in [1.807, 2.05) is 18.0 Å². The molecule has 0 bridgehead atoms. The van der Waals surface area contributed by atoms with E-state index in [-0.39, 0.29) is 5.82 Å². The highest BCUT2D eigenvalue weighted by Gasteiger charge is 2.43. The molecule has 2 aromatic carbocycles. The van der Waals surface area contributed by atoms with Gasteiger partial charge in [0.05, 0.1) is 16.1 Å². The first-order valence-electron chi connectivity index (χ1n) is 13.3. The third-order valence-corrected chi connectivity index (χ3v) is 9.54. The zero-order valence-corrected chi connectivity index (χ0v) is 22.8. The van der Waals surface area contributed by atoms with Crippen LogP contribution in [0.2, 0.25) is 0 Å². The number of piperidine rings is 1. The lowest BCUT2D eigenvalue weighted by Gasteiger charge is -2.49. The number of aryl methyl sites for hydroxylation is 3. The molecule has 3 aliphatic rings. The van der Waals surface area contributed by atoms with Crippen molar-refractivity contribution in [1.29, 1.82) is 0 Å². The Bertz CT molecular complexity index is 1390. The molecule has 3 aromatic rings. The van der Waals surface area contributed by atoms with Crippen LogP contribution in [0, 0.1) is 37.9 Å². The van der Waals surface area contributed by atoms with Crippen LogP contribution in [0.25, 0.3) is 10.2 Å². The van der Waals surface area contributed by atoms with Crippen LogP contribution in [0.3, 0.4) is 0 Å². The Morgan fingerprint density at radius 2 is 1.81 bits per heavy atom. The summed E-state index contributed by atoms with van der Waals surface area (Å²) in [4.78, 5) is 6.98. The Morgan fingerprint density at radius 1 is 1.14 bits per heavy atom. The van der Waals surface area contributed by atoms with E-state index in [2.05, 4.69) is 48.0 Å². The number of aromatic nitrogens is 1. The molecule has 4 N–H and O–H groups in total. The molecule has 7 heteroatoms. The molecule has 1 aromatic heterocycles. The molecular weight excluding hydrogens is 481 g/mol. The molecule has 3 fully saturated rings. The highest BCUT2D eigenvalue weighted by molar-refractivity contribution is 7.22. The van der Waals surface area contributed by atoms with Gasteiger partial charge in [-0.3, -0.25) is 5.01 Å². The Balaban J connectivity index is 1.17. The predicted molar refractivity (Wildman–Crippen MR) is 152 cm³/mol. The van der Waals surface area contributed by atoms with E-state index in [1.165, 1.54) is 5.57 Å². The minimum atomic E-state index is -0.219. The van der Waals surface area contributed by atoms with Crippen molar-refractivity contribution in [3.8, 4) is 0 Å². The molecule has 2 aliphatic carbocycles. The SMILES string of the molecule is Cc1cc(F)c2nc(N3CCC4(CC3)CC(=C/C(=C(/N)C3CC3)N(N)c3c(C)cccc3C)C4)sc2c1. The number of nitrogens with zero attached hydrogens (tertiary/aromatic N) is 3. The molecule has 0 atom stereocenters. The van der Waals surface area contributed by atoms with E-state index in [9.17, 15) is 4.39 Å². The number of fused-ring (bicyclic) bond motifs is 1. The number of nitrogens with two attached hydrogens (primary N) is 2. The van der Waals surface area contributed by atoms with Gasteiger partial charge in [0.15, 0.2) is 10.9 Å². The van der Waals surface area contributed by atoms with Crippen LogP contribution < -0.4 is 21.5 Å². The number of para-hydroxylation sites is 1. The number of allylic oxidation sites excluding steroid dienone is 3. The number of anilines is 2. The third-order valence-electron chi connectivity index (χ3n) is 8.47. The highest BCUT2D eigenvalue weighted by Crippen LogP contribution is 2.53. The number of hydrogen-bond donors (Lipinski definition) is 2. The van der Waals surface area contributed by atoms with Crippen LogP contribution in [0.1, 0.15) is 55.2 Å². The summed E-state index contributed by atoms with van der Waals surface area (Å²) in [5.74, 6) is 6.98. The summed E-state index contributed by atoms with van der Waals surface area (Å²) in [5, 5.41) is 2.77. The molecule has 194 valence electrons. The van der Waals surface area contributed by atoms with Gasteiger partial charge in [-0.25, -0.2) is 15.2 Å². The van der Waals surface area contributed by atoms with Crippen molar-refractivity contribution in [1.82, 2.24) is 4.98 Å². The summed E-state index contributed by atoms with van der Waals surface area (Å²) in [6, 6.07) is 9.88. The molecule has 0 amide bonds. The van der Waals surface area contributed by atoms with Crippen molar-refractivity contribution in [2.75, 3.05) is 23.0 Å².